The zero-order chi connectivity index (χ0) is 13.9. The van der Waals surface area contributed by atoms with Gasteiger partial charge in [-0.3, -0.25) is 0 Å². The second-order valence-electron chi connectivity index (χ2n) is 5.75. The Morgan fingerprint density at radius 1 is 1.16 bits per heavy atom. The lowest BCUT2D eigenvalue weighted by molar-refractivity contribution is -0.00452. The summed E-state index contributed by atoms with van der Waals surface area (Å²) in [6.45, 7) is 6.02. The monoisotopic (exact) mass is 291 g/mol. The summed E-state index contributed by atoms with van der Waals surface area (Å²) in [6, 6.07) is 0. The Labute approximate surface area is 115 Å². The molecule has 0 bridgehead atoms. The van der Waals surface area contributed by atoms with Crippen molar-refractivity contribution in [1.82, 2.24) is 9.21 Å². The van der Waals surface area contributed by atoms with Crippen LogP contribution in [0.25, 0.3) is 0 Å². The van der Waals surface area contributed by atoms with Crippen molar-refractivity contribution in [2.45, 2.75) is 12.8 Å². The van der Waals surface area contributed by atoms with Crippen LogP contribution < -0.4 is 5.73 Å². The molecule has 2 N–H and O–H groups in total. The standard InChI is InChI=1S/C12H25N3O3S/c1-19(16,17)15-6-4-14(5-7-15)11-12(10-13)2-8-18-9-3-12/h2-11,13H2,1H3. The number of sulfonamides is 1. The Balaban J connectivity index is 1.88. The Bertz CT molecular complexity index is 385. The number of rotatable bonds is 4. The van der Waals surface area contributed by atoms with Gasteiger partial charge in [0.15, 0.2) is 0 Å². The average Bonchev–Trinajstić information content (AvgIpc) is 2.39. The van der Waals surface area contributed by atoms with Crippen LogP contribution >= 0.6 is 0 Å². The van der Waals surface area contributed by atoms with Crippen LogP contribution in [0.3, 0.4) is 0 Å². The highest BCUT2D eigenvalue weighted by Gasteiger charge is 2.34. The van der Waals surface area contributed by atoms with Crippen LogP contribution in [0.15, 0.2) is 0 Å². The van der Waals surface area contributed by atoms with E-state index in [-0.39, 0.29) is 5.41 Å². The van der Waals surface area contributed by atoms with Crippen molar-refractivity contribution in [2.75, 3.05) is 58.7 Å². The van der Waals surface area contributed by atoms with E-state index in [2.05, 4.69) is 4.90 Å². The van der Waals surface area contributed by atoms with Gasteiger partial charge in [0.05, 0.1) is 6.26 Å². The molecule has 2 aliphatic rings. The number of hydrogen-bond donors (Lipinski definition) is 1. The molecule has 0 aromatic heterocycles. The van der Waals surface area contributed by atoms with Crippen LogP contribution in [0.5, 0.6) is 0 Å². The zero-order valence-corrected chi connectivity index (χ0v) is 12.5. The molecule has 0 atom stereocenters. The van der Waals surface area contributed by atoms with Gasteiger partial charge < -0.3 is 15.4 Å². The van der Waals surface area contributed by atoms with Crippen molar-refractivity contribution < 1.29 is 13.2 Å². The molecule has 112 valence electrons. The average molecular weight is 291 g/mol. The Morgan fingerprint density at radius 3 is 2.21 bits per heavy atom. The fourth-order valence-electron chi connectivity index (χ4n) is 2.92. The van der Waals surface area contributed by atoms with Crippen LogP contribution in [-0.4, -0.2) is 76.4 Å². The van der Waals surface area contributed by atoms with Gasteiger partial charge in [-0.2, -0.15) is 4.31 Å². The third-order valence-corrected chi connectivity index (χ3v) is 5.65. The topological polar surface area (TPSA) is 75.9 Å². The zero-order valence-electron chi connectivity index (χ0n) is 11.7. The first kappa shape index (κ1) is 15.2. The first-order valence-electron chi connectivity index (χ1n) is 6.91. The van der Waals surface area contributed by atoms with Gasteiger partial charge in [0.2, 0.25) is 10.0 Å². The molecule has 2 heterocycles. The van der Waals surface area contributed by atoms with Crippen molar-refractivity contribution in [2.24, 2.45) is 11.1 Å². The van der Waals surface area contributed by atoms with Gasteiger partial charge in [-0.1, -0.05) is 0 Å². The molecule has 2 fully saturated rings. The molecule has 0 aromatic carbocycles. The summed E-state index contributed by atoms with van der Waals surface area (Å²) in [5.41, 5.74) is 6.12. The first-order chi connectivity index (χ1) is 8.95. The maximum Gasteiger partial charge on any atom is 0.211 e. The summed E-state index contributed by atoms with van der Waals surface area (Å²) < 4.78 is 29.9. The Hall–Kier alpha value is -0.210. The van der Waals surface area contributed by atoms with Crippen LogP contribution in [0.2, 0.25) is 0 Å². The molecule has 0 aliphatic carbocycles. The van der Waals surface area contributed by atoms with Gasteiger partial charge in [0.25, 0.3) is 0 Å². The summed E-state index contributed by atoms with van der Waals surface area (Å²) in [6.07, 6.45) is 3.30. The number of nitrogens with two attached hydrogens (primary N) is 1. The van der Waals surface area contributed by atoms with Crippen molar-refractivity contribution in [1.29, 1.82) is 0 Å². The van der Waals surface area contributed by atoms with E-state index in [0.29, 0.717) is 19.6 Å². The van der Waals surface area contributed by atoms with E-state index < -0.39 is 10.0 Å². The molecule has 2 rings (SSSR count). The van der Waals surface area contributed by atoms with E-state index in [1.54, 1.807) is 4.31 Å². The molecule has 0 amide bonds. The molecule has 6 nitrogen and oxygen atoms in total. The highest BCUT2D eigenvalue weighted by molar-refractivity contribution is 7.88. The minimum absolute atomic E-state index is 0.158. The molecule has 7 heteroatoms. The third kappa shape index (κ3) is 3.88. The summed E-state index contributed by atoms with van der Waals surface area (Å²) >= 11 is 0. The smallest absolute Gasteiger partial charge is 0.211 e. The highest BCUT2D eigenvalue weighted by Crippen LogP contribution is 2.30. The lowest BCUT2D eigenvalue weighted by Gasteiger charge is -2.42. The van der Waals surface area contributed by atoms with Crippen LogP contribution in [-0.2, 0) is 14.8 Å². The fourth-order valence-corrected chi connectivity index (χ4v) is 3.75. The number of nitrogens with zero attached hydrogens (tertiary/aromatic N) is 2. The predicted molar refractivity (Wildman–Crippen MR) is 74.4 cm³/mol. The van der Waals surface area contributed by atoms with Gasteiger partial charge in [0, 0.05) is 45.9 Å². The van der Waals surface area contributed by atoms with Crippen LogP contribution in [0.1, 0.15) is 12.8 Å². The molecule has 2 saturated heterocycles. The summed E-state index contributed by atoms with van der Waals surface area (Å²) in [5, 5.41) is 0. The second kappa shape index (κ2) is 6.05. The van der Waals surface area contributed by atoms with Crippen LogP contribution in [0.4, 0.5) is 0 Å². The minimum atomic E-state index is -3.04. The summed E-state index contributed by atoms with van der Waals surface area (Å²) in [4.78, 5) is 2.35. The third-order valence-electron chi connectivity index (χ3n) is 4.35. The lowest BCUT2D eigenvalue weighted by atomic mass is 9.79. The predicted octanol–water partition coefficient (Wildman–Crippen LogP) is -0.681. The van der Waals surface area contributed by atoms with Gasteiger partial charge in [-0.05, 0) is 24.8 Å². The molecule has 2 aliphatic heterocycles. The molecule has 19 heavy (non-hydrogen) atoms. The van der Waals surface area contributed by atoms with E-state index in [9.17, 15) is 8.42 Å². The van der Waals surface area contributed by atoms with Crippen LogP contribution in [0, 0.1) is 5.41 Å². The van der Waals surface area contributed by atoms with Crippen molar-refractivity contribution >= 4 is 10.0 Å². The quantitative estimate of drug-likeness (QED) is 0.743. The van der Waals surface area contributed by atoms with Gasteiger partial charge in [0.1, 0.15) is 0 Å². The van der Waals surface area contributed by atoms with E-state index >= 15 is 0 Å². The maximum absolute atomic E-state index is 11.5. The van der Waals surface area contributed by atoms with Crippen molar-refractivity contribution in [3.05, 3.63) is 0 Å². The molecule has 0 saturated carbocycles. The Kier molecular flexibility index (Phi) is 4.84. The van der Waals surface area contributed by atoms with Gasteiger partial charge in [-0.25, -0.2) is 8.42 Å². The number of piperazine rings is 1. The normalized spacial score (nSPS) is 26.4. The first-order valence-corrected chi connectivity index (χ1v) is 8.75. The van der Waals surface area contributed by atoms with Gasteiger partial charge in [-0.15, -0.1) is 0 Å². The summed E-state index contributed by atoms with van der Waals surface area (Å²) in [5.74, 6) is 0. The molecular formula is C12H25N3O3S. The molecule has 0 radical (unpaired) electrons. The second-order valence-corrected chi connectivity index (χ2v) is 7.74. The molecular weight excluding hydrogens is 266 g/mol. The number of ether oxygens (including phenoxy) is 1. The fraction of sp³-hybridized carbons (Fsp3) is 1.00. The Morgan fingerprint density at radius 2 is 1.74 bits per heavy atom. The lowest BCUT2D eigenvalue weighted by Crippen LogP contribution is -2.53. The van der Waals surface area contributed by atoms with E-state index in [4.69, 9.17) is 10.5 Å². The van der Waals surface area contributed by atoms with Crippen molar-refractivity contribution in [3.8, 4) is 0 Å². The highest BCUT2D eigenvalue weighted by atomic mass is 32.2. The number of hydrogen-bond acceptors (Lipinski definition) is 5. The SMILES string of the molecule is CS(=O)(=O)N1CCN(CC2(CN)CCOCC2)CC1. The molecule has 0 aromatic rings. The maximum atomic E-state index is 11.5. The minimum Gasteiger partial charge on any atom is -0.381 e. The van der Waals surface area contributed by atoms with Gasteiger partial charge >= 0.3 is 0 Å². The summed E-state index contributed by atoms with van der Waals surface area (Å²) in [7, 11) is -3.04. The van der Waals surface area contributed by atoms with E-state index in [0.717, 1.165) is 45.7 Å². The molecule has 0 unspecified atom stereocenters. The van der Waals surface area contributed by atoms with Crippen molar-refractivity contribution in [3.63, 3.8) is 0 Å². The molecule has 0 spiro atoms. The van der Waals surface area contributed by atoms with E-state index in [1.165, 1.54) is 6.26 Å². The van der Waals surface area contributed by atoms with E-state index in [1.807, 2.05) is 0 Å². The largest absolute Gasteiger partial charge is 0.381 e.